The number of ether oxygens (including phenoxy) is 1. The molecule has 116 valence electrons. The third kappa shape index (κ3) is 5.76. The van der Waals surface area contributed by atoms with Crippen LogP contribution in [0.2, 0.25) is 0 Å². The van der Waals surface area contributed by atoms with Gasteiger partial charge in [-0.1, -0.05) is 13.8 Å². The van der Waals surface area contributed by atoms with Crippen molar-refractivity contribution in [1.29, 1.82) is 0 Å². The van der Waals surface area contributed by atoms with Gasteiger partial charge in [0.1, 0.15) is 12.0 Å². The fraction of sp³-hybridized carbons (Fsp3) is 0.571. The molecule has 0 fully saturated rings. The Morgan fingerprint density at radius 2 is 2.14 bits per heavy atom. The van der Waals surface area contributed by atoms with E-state index in [0.717, 1.165) is 12.8 Å². The quantitative estimate of drug-likeness (QED) is 0.326. The van der Waals surface area contributed by atoms with Crippen LogP contribution in [-0.4, -0.2) is 29.0 Å². The molecular weight excluding hydrogens is 274 g/mol. The second-order valence-corrected chi connectivity index (χ2v) is 4.62. The number of rotatable bonds is 9. The largest absolute Gasteiger partial charge is 0.465 e. The molecule has 0 aliphatic heterocycles. The van der Waals surface area contributed by atoms with Gasteiger partial charge in [0.15, 0.2) is 0 Å². The summed E-state index contributed by atoms with van der Waals surface area (Å²) in [6.45, 7) is 4.88. The van der Waals surface area contributed by atoms with Gasteiger partial charge < -0.3 is 10.1 Å². The van der Waals surface area contributed by atoms with Crippen molar-refractivity contribution in [2.24, 2.45) is 5.92 Å². The summed E-state index contributed by atoms with van der Waals surface area (Å²) in [6, 6.07) is 2.94. The molecule has 0 atom stereocenters. The van der Waals surface area contributed by atoms with E-state index in [0.29, 0.717) is 25.4 Å². The summed E-state index contributed by atoms with van der Waals surface area (Å²) in [6.07, 6.45) is 3.45. The van der Waals surface area contributed by atoms with E-state index >= 15 is 0 Å². The van der Waals surface area contributed by atoms with Gasteiger partial charge in [0.25, 0.3) is 5.69 Å². The highest BCUT2D eigenvalue weighted by Crippen LogP contribution is 2.12. The van der Waals surface area contributed by atoms with Crippen LogP contribution in [0.3, 0.4) is 0 Å². The summed E-state index contributed by atoms with van der Waals surface area (Å²) in [7, 11) is 0. The first kappa shape index (κ1) is 16.9. The van der Waals surface area contributed by atoms with Crippen molar-refractivity contribution in [3.8, 4) is 0 Å². The Hall–Kier alpha value is -2.18. The van der Waals surface area contributed by atoms with Crippen LogP contribution in [-0.2, 0) is 9.53 Å². The molecule has 7 heteroatoms. The third-order valence-electron chi connectivity index (χ3n) is 3.15. The molecule has 7 nitrogen and oxygen atoms in total. The first-order chi connectivity index (χ1) is 10.1. The van der Waals surface area contributed by atoms with Gasteiger partial charge in [0, 0.05) is 12.6 Å². The summed E-state index contributed by atoms with van der Waals surface area (Å²) in [4.78, 5) is 25.5. The van der Waals surface area contributed by atoms with Gasteiger partial charge in [-0.25, -0.2) is 4.98 Å². The molecule has 1 N–H and O–H groups in total. The van der Waals surface area contributed by atoms with Gasteiger partial charge in [-0.2, -0.15) is 0 Å². The lowest BCUT2D eigenvalue weighted by Crippen LogP contribution is -2.18. The lowest BCUT2D eigenvalue weighted by Gasteiger charge is -2.12. The number of anilines is 1. The number of hydrogen-bond acceptors (Lipinski definition) is 6. The van der Waals surface area contributed by atoms with Crippen molar-refractivity contribution < 1.29 is 14.5 Å². The normalized spacial score (nSPS) is 10.4. The minimum absolute atomic E-state index is 0.0192. The first-order valence-electron chi connectivity index (χ1n) is 7.09. The lowest BCUT2D eigenvalue weighted by atomic mass is 10.0. The van der Waals surface area contributed by atoms with E-state index in [9.17, 15) is 14.9 Å². The van der Waals surface area contributed by atoms with Crippen LogP contribution in [0.25, 0.3) is 0 Å². The van der Waals surface area contributed by atoms with Gasteiger partial charge in [-0.05, 0) is 25.3 Å². The maximum Gasteiger partial charge on any atom is 0.308 e. The molecule has 0 amide bonds. The van der Waals surface area contributed by atoms with Crippen molar-refractivity contribution in [3.05, 3.63) is 28.4 Å². The van der Waals surface area contributed by atoms with Crippen molar-refractivity contribution in [2.45, 2.75) is 33.1 Å². The Kier molecular flexibility index (Phi) is 7.14. The van der Waals surface area contributed by atoms with E-state index in [1.807, 2.05) is 13.8 Å². The van der Waals surface area contributed by atoms with Gasteiger partial charge in [0.2, 0.25) is 0 Å². The molecule has 1 aromatic rings. The topological polar surface area (TPSA) is 94.4 Å². The van der Waals surface area contributed by atoms with Crippen LogP contribution in [0, 0.1) is 16.0 Å². The fourth-order valence-electron chi connectivity index (χ4n) is 1.80. The molecule has 1 aromatic heterocycles. The Balaban J connectivity index is 2.22. The highest BCUT2D eigenvalue weighted by atomic mass is 16.6. The smallest absolute Gasteiger partial charge is 0.308 e. The van der Waals surface area contributed by atoms with Crippen molar-refractivity contribution in [3.63, 3.8) is 0 Å². The van der Waals surface area contributed by atoms with Crippen LogP contribution in [0.1, 0.15) is 33.1 Å². The average Bonchev–Trinajstić information content (AvgIpc) is 2.48. The fourth-order valence-corrected chi connectivity index (χ4v) is 1.80. The van der Waals surface area contributed by atoms with Crippen LogP contribution in [0.4, 0.5) is 11.5 Å². The second-order valence-electron chi connectivity index (χ2n) is 4.62. The van der Waals surface area contributed by atoms with E-state index in [4.69, 9.17) is 4.74 Å². The number of nitrogens with zero attached hydrogens (tertiary/aromatic N) is 2. The molecule has 0 bridgehead atoms. The lowest BCUT2D eigenvalue weighted by molar-refractivity contribution is -0.385. The zero-order valence-electron chi connectivity index (χ0n) is 12.4. The first-order valence-corrected chi connectivity index (χ1v) is 7.09. The number of carbonyl (C=O) groups excluding carboxylic acids is 1. The summed E-state index contributed by atoms with van der Waals surface area (Å²) < 4.78 is 5.19. The molecule has 1 heterocycles. The molecule has 21 heavy (non-hydrogen) atoms. The molecule has 0 aliphatic carbocycles. The molecular formula is C14H21N3O4. The molecule has 0 saturated carbocycles. The minimum atomic E-state index is -0.492. The highest BCUT2D eigenvalue weighted by Gasteiger charge is 2.14. The predicted molar refractivity (Wildman–Crippen MR) is 79.0 cm³/mol. The zero-order valence-corrected chi connectivity index (χ0v) is 12.4. The monoisotopic (exact) mass is 295 g/mol. The SMILES string of the molecule is CCC(CC)C(=O)OCCCNc1ccc([N+](=O)[O-])cn1. The Bertz CT molecular complexity index is 458. The second kappa shape index (κ2) is 8.89. The van der Waals surface area contributed by atoms with E-state index in [2.05, 4.69) is 10.3 Å². The molecule has 1 rings (SSSR count). The number of aromatic nitrogens is 1. The summed E-state index contributed by atoms with van der Waals surface area (Å²) in [5.41, 5.74) is -0.0420. The minimum Gasteiger partial charge on any atom is -0.465 e. The van der Waals surface area contributed by atoms with Crippen LogP contribution < -0.4 is 5.32 Å². The van der Waals surface area contributed by atoms with Gasteiger partial charge in [-0.3, -0.25) is 14.9 Å². The van der Waals surface area contributed by atoms with Gasteiger partial charge in [-0.15, -0.1) is 0 Å². The number of nitrogens with one attached hydrogen (secondary N) is 1. The Morgan fingerprint density at radius 1 is 1.43 bits per heavy atom. The molecule has 0 aliphatic rings. The third-order valence-corrected chi connectivity index (χ3v) is 3.15. The maximum atomic E-state index is 11.6. The molecule has 0 spiro atoms. The highest BCUT2D eigenvalue weighted by molar-refractivity contribution is 5.72. The van der Waals surface area contributed by atoms with Gasteiger partial charge >= 0.3 is 5.97 Å². The van der Waals surface area contributed by atoms with Gasteiger partial charge in [0.05, 0.1) is 17.4 Å². The molecule has 0 radical (unpaired) electrons. The van der Waals surface area contributed by atoms with Crippen LogP contribution in [0.5, 0.6) is 0 Å². The number of esters is 1. The summed E-state index contributed by atoms with van der Waals surface area (Å²) >= 11 is 0. The Morgan fingerprint density at radius 3 is 2.67 bits per heavy atom. The average molecular weight is 295 g/mol. The molecule has 0 unspecified atom stereocenters. The number of nitro groups is 1. The molecule has 0 aromatic carbocycles. The van der Waals surface area contributed by atoms with Crippen LogP contribution >= 0.6 is 0 Å². The van der Waals surface area contributed by atoms with Crippen molar-refractivity contribution in [2.75, 3.05) is 18.5 Å². The van der Waals surface area contributed by atoms with E-state index < -0.39 is 4.92 Å². The number of carbonyl (C=O) groups is 1. The summed E-state index contributed by atoms with van der Waals surface area (Å²) in [5.74, 6) is 0.398. The maximum absolute atomic E-state index is 11.6. The van der Waals surface area contributed by atoms with Crippen LogP contribution in [0.15, 0.2) is 18.3 Å². The predicted octanol–water partition coefficient (Wildman–Crippen LogP) is 2.77. The Labute approximate surface area is 123 Å². The number of hydrogen-bond donors (Lipinski definition) is 1. The van der Waals surface area contributed by atoms with Crippen molar-refractivity contribution >= 4 is 17.5 Å². The summed E-state index contributed by atoms with van der Waals surface area (Å²) in [5, 5.41) is 13.5. The van der Waals surface area contributed by atoms with E-state index in [-0.39, 0.29) is 17.6 Å². The van der Waals surface area contributed by atoms with Crippen molar-refractivity contribution in [1.82, 2.24) is 4.98 Å². The molecule has 0 saturated heterocycles. The van der Waals surface area contributed by atoms with E-state index in [1.54, 1.807) is 6.07 Å². The zero-order chi connectivity index (χ0) is 15.7. The standard InChI is InChI=1S/C14H21N3O4/c1-3-11(4-2)14(18)21-9-5-8-15-13-7-6-12(10-16-13)17(19)20/h6-7,10-11H,3-5,8-9H2,1-2H3,(H,15,16). The van der Waals surface area contributed by atoms with E-state index in [1.165, 1.54) is 12.3 Å². The number of pyridine rings is 1.